The Bertz CT molecular complexity index is 999. The summed E-state index contributed by atoms with van der Waals surface area (Å²) < 4.78 is 4.06. The number of imidazole rings is 1. The maximum absolute atomic E-state index is 4.63. The van der Waals surface area contributed by atoms with E-state index in [1.807, 2.05) is 54.5 Å². The van der Waals surface area contributed by atoms with Crippen molar-refractivity contribution < 1.29 is 0 Å². The van der Waals surface area contributed by atoms with E-state index >= 15 is 0 Å². The molecule has 3 heterocycles. The lowest BCUT2D eigenvalue weighted by Crippen LogP contribution is -2.08. The molecule has 1 aromatic carbocycles. The van der Waals surface area contributed by atoms with Crippen molar-refractivity contribution in [2.45, 2.75) is 10.9 Å². The fourth-order valence-corrected chi connectivity index (χ4v) is 3.59. The molecule has 132 valence electrons. The molecule has 6 nitrogen and oxygen atoms in total. The van der Waals surface area contributed by atoms with Crippen LogP contribution in [0.25, 0.3) is 17.0 Å². The third-order valence-electron chi connectivity index (χ3n) is 4.24. The first-order valence-electron chi connectivity index (χ1n) is 8.34. The minimum Gasteiger partial charge on any atom is -0.378 e. The molecule has 0 fully saturated rings. The average molecular weight is 364 g/mol. The number of hydrogen-bond acceptors (Lipinski definition) is 5. The number of fused-ring (bicyclic) bond motifs is 1. The van der Waals surface area contributed by atoms with Crippen molar-refractivity contribution in [2.24, 2.45) is 7.05 Å². The van der Waals surface area contributed by atoms with Crippen LogP contribution in [0.4, 0.5) is 5.69 Å². The van der Waals surface area contributed by atoms with Crippen molar-refractivity contribution in [3.63, 3.8) is 0 Å². The van der Waals surface area contributed by atoms with Gasteiger partial charge in [-0.1, -0.05) is 17.8 Å². The Labute approximate surface area is 156 Å². The highest BCUT2D eigenvalue weighted by Gasteiger charge is 2.12. The molecule has 0 aliphatic rings. The molecule has 0 N–H and O–H groups in total. The van der Waals surface area contributed by atoms with Gasteiger partial charge in [0.1, 0.15) is 5.65 Å². The van der Waals surface area contributed by atoms with Crippen molar-refractivity contribution in [1.29, 1.82) is 0 Å². The monoisotopic (exact) mass is 364 g/mol. The molecule has 3 aromatic heterocycles. The van der Waals surface area contributed by atoms with Gasteiger partial charge in [0.25, 0.3) is 0 Å². The molecule has 0 spiro atoms. The first kappa shape index (κ1) is 16.7. The smallest absolute Gasteiger partial charge is 0.191 e. The summed E-state index contributed by atoms with van der Waals surface area (Å²) in [6, 6.07) is 14.3. The standard InChI is InChI=1S/C19H20N6S/c1-23(2)16-9-7-14(8-10-16)18-21-22-19(24(18)3)26-13-15-12-25-11-5-4-6-17(25)20-15/h4-12H,13H2,1-3H3. The molecular weight excluding hydrogens is 344 g/mol. The predicted octanol–water partition coefficient (Wildman–Crippen LogP) is 3.49. The summed E-state index contributed by atoms with van der Waals surface area (Å²) in [7, 11) is 6.07. The fourth-order valence-electron chi connectivity index (χ4n) is 2.80. The van der Waals surface area contributed by atoms with E-state index in [0.717, 1.165) is 39.3 Å². The third-order valence-corrected chi connectivity index (χ3v) is 5.29. The lowest BCUT2D eigenvalue weighted by atomic mass is 10.2. The molecule has 26 heavy (non-hydrogen) atoms. The third kappa shape index (κ3) is 3.17. The average Bonchev–Trinajstić information content (AvgIpc) is 3.23. The van der Waals surface area contributed by atoms with Gasteiger partial charge in [-0.15, -0.1) is 10.2 Å². The van der Waals surface area contributed by atoms with Crippen LogP contribution in [0.3, 0.4) is 0 Å². The Morgan fingerprint density at radius 2 is 1.85 bits per heavy atom. The molecule has 0 amide bonds. The molecule has 0 saturated heterocycles. The van der Waals surface area contributed by atoms with Crippen LogP contribution in [-0.4, -0.2) is 38.2 Å². The summed E-state index contributed by atoms with van der Waals surface area (Å²) in [5.41, 5.74) is 4.21. The highest BCUT2D eigenvalue weighted by atomic mass is 32.2. The van der Waals surface area contributed by atoms with E-state index in [-0.39, 0.29) is 0 Å². The van der Waals surface area contributed by atoms with Gasteiger partial charge in [-0.05, 0) is 36.4 Å². The molecule has 0 bridgehead atoms. The molecule has 4 aromatic rings. The normalized spacial score (nSPS) is 11.2. The van der Waals surface area contributed by atoms with Crippen LogP contribution in [0, 0.1) is 0 Å². The van der Waals surface area contributed by atoms with Crippen molar-refractivity contribution >= 4 is 23.1 Å². The number of anilines is 1. The summed E-state index contributed by atoms with van der Waals surface area (Å²) >= 11 is 1.64. The summed E-state index contributed by atoms with van der Waals surface area (Å²) in [6.45, 7) is 0. The van der Waals surface area contributed by atoms with E-state index in [0.29, 0.717) is 0 Å². The molecule has 7 heteroatoms. The van der Waals surface area contributed by atoms with Crippen molar-refractivity contribution in [3.8, 4) is 11.4 Å². The molecule has 0 radical (unpaired) electrons. The van der Waals surface area contributed by atoms with Gasteiger partial charge in [0.05, 0.1) is 5.69 Å². The Morgan fingerprint density at radius 3 is 2.58 bits per heavy atom. The van der Waals surface area contributed by atoms with Gasteiger partial charge in [0.15, 0.2) is 11.0 Å². The van der Waals surface area contributed by atoms with E-state index in [1.54, 1.807) is 11.8 Å². The lowest BCUT2D eigenvalue weighted by molar-refractivity contribution is 0.793. The number of rotatable bonds is 5. The van der Waals surface area contributed by atoms with Crippen LogP contribution in [0.15, 0.2) is 60.0 Å². The van der Waals surface area contributed by atoms with Crippen molar-refractivity contribution in [3.05, 3.63) is 60.6 Å². The van der Waals surface area contributed by atoms with Gasteiger partial charge in [-0.3, -0.25) is 0 Å². The Balaban J connectivity index is 1.51. The molecular formula is C19H20N6S. The van der Waals surface area contributed by atoms with Crippen LogP contribution in [0.2, 0.25) is 0 Å². The highest BCUT2D eigenvalue weighted by molar-refractivity contribution is 7.98. The largest absolute Gasteiger partial charge is 0.378 e. The summed E-state index contributed by atoms with van der Waals surface area (Å²) in [5, 5.41) is 9.60. The number of nitrogens with zero attached hydrogens (tertiary/aromatic N) is 6. The highest BCUT2D eigenvalue weighted by Crippen LogP contribution is 2.26. The van der Waals surface area contributed by atoms with E-state index in [2.05, 4.69) is 50.5 Å². The van der Waals surface area contributed by atoms with Crippen molar-refractivity contribution in [2.75, 3.05) is 19.0 Å². The number of thioether (sulfide) groups is 1. The van der Waals surface area contributed by atoms with Crippen molar-refractivity contribution in [1.82, 2.24) is 24.1 Å². The van der Waals surface area contributed by atoms with Crippen LogP contribution < -0.4 is 4.90 Å². The number of pyridine rings is 1. The summed E-state index contributed by atoms with van der Waals surface area (Å²) in [5.74, 6) is 1.63. The zero-order chi connectivity index (χ0) is 18.1. The number of hydrogen-bond donors (Lipinski definition) is 0. The van der Waals surface area contributed by atoms with E-state index in [1.165, 1.54) is 0 Å². The second-order valence-corrected chi connectivity index (χ2v) is 7.24. The lowest BCUT2D eigenvalue weighted by Gasteiger charge is -2.12. The minimum absolute atomic E-state index is 0.757. The van der Waals surface area contributed by atoms with Crippen LogP contribution in [-0.2, 0) is 12.8 Å². The maximum atomic E-state index is 4.63. The molecule has 0 aliphatic heterocycles. The van der Waals surface area contributed by atoms with Gasteiger partial charge in [-0.2, -0.15) is 0 Å². The van der Waals surface area contributed by atoms with Gasteiger partial charge in [0.2, 0.25) is 0 Å². The first-order valence-corrected chi connectivity index (χ1v) is 9.33. The van der Waals surface area contributed by atoms with Crippen LogP contribution in [0.1, 0.15) is 5.69 Å². The van der Waals surface area contributed by atoms with Crippen LogP contribution in [0.5, 0.6) is 0 Å². The summed E-state index contributed by atoms with van der Waals surface area (Å²) in [6.07, 6.45) is 4.06. The SMILES string of the molecule is CN(C)c1ccc(-c2nnc(SCc3cn4ccccc4n3)n2C)cc1. The Morgan fingerprint density at radius 1 is 1.04 bits per heavy atom. The molecule has 0 aliphatic carbocycles. The Kier molecular flexibility index (Phi) is 4.38. The van der Waals surface area contributed by atoms with Gasteiger partial charge >= 0.3 is 0 Å². The van der Waals surface area contributed by atoms with E-state index < -0.39 is 0 Å². The van der Waals surface area contributed by atoms with Gasteiger partial charge in [0, 0.05) is 50.5 Å². The van der Waals surface area contributed by atoms with Gasteiger partial charge in [-0.25, -0.2) is 4.98 Å². The second-order valence-electron chi connectivity index (χ2n) is 6.29. The molecule has 4 rings (SSSR count). The first-order chi connectivity index (χ1) is 12.6. The number of benzene rings is 1. The van der Waals surface area contributed by atoms with E-state index in [4.69, 9.17) is 0 Å². The zero-order valence-electron chi connectivity index (χ0n) is 15.0. The second kappa shape index (κ2) is 6.84. The van der Waals surface area contributed by atoms with E-state index in [9.17, 15) is 0 Å². The topological polar surface area (TPSA) is 51.3 Å². The minimum atomic E-state index is 0.757. The van der Waals surface area contributed by atoms with Crippen LogP contribution >= 0.6 is 11.8 Å². The predicted molar refractivity (Wildman–Crippen MR) is 106 cm³/mol. The van der Waals surface area contributed by atoms with Gasteiger partial charge < -0.3 is 13.9 Å². The zero-order valence-corrected chi connectivity index (χ0v) is 15.8. The molecule has 0 atom stereocenters. The fraction of sp³-hybridized carbons (Fsp3) is 0.211. The molecule has 0 saturated carbocycles. The Hall–Kier alpha value is -2.80. The maximum Gasteiger partial charge on any atom is 0.191 e. The number of aromatic nitrogens is 5. The summed E-state index contributed by atoms with van der Waals surface area (Å²) in [4.78, 5) is 6.71. The molecule has 0 unspecified atom stereocenters. The quantitative estimate of drug-likeness (QED) is 0.508.